The van der Waals surface area contributed by atoms with Crippen molar-refractivity contribution in [3.8, 4) is 0 Å². The van der Waals surface area contributed by atoms with Crippen LogP contribution >= 0.6 is 11.8 Å². The van der Waals surface area contributed by atoms with Crippen LogP contribution < -0.4 is 5.32 Å². The summed E-state index contributed by atoms with van der Waals surface area (Å²) in [5.74, 6) is 0. The molecule has 0 spiro atoms. The molecular weight excluding hydrogens is 295 g/mol. The lowest BCUT2D eigenvalue weighted by atomic mass is 10.0. The predicted molar refractivity (Wildman–Crippen MR) is 83.6 cm³/mol. The Balaban J connectivity index is 3.09. The Morgan fingerprint density at radius 3 is 2.00 bits per heavy atom. The summed E-state index contributed by atoms with van der Waals surface area (Å²) in [6, 6.07) is 4.61. The summed E-state index contributed by atoms with van der Waals surface area (Å²) in [6.07, 6.45) is -4.33. The largest absolute Gasteiger partial charge is 0.416 e. The molecule has 0 aliphatic rings. The Labute approximate surface area is 129 Å². The van der Waals surface area contributed by atoms with Crippen molar-refractivity contribution in [3.05, 3.63) is 29.3 Å². The van der Waals surface area contributed by atoms with E-state index in [1.54, 1.807) is 12.1 Å². The van der Waals surface area contributed by atoms with E-state index in [-0.39, 0.29) is 22.4 Å². The van der Waals surface area contributed by atoms with E-state index in [1.165, 1.54) is 17.8 Å². The summed E-state index contributed by atoms with van der Waals surface area (Å²) >= 11 is 1.44. The number of halogens is 3. The zero-order valence-electron chi connectivity index (χ0n) is 13.5. The van der Waals surface area contributed by atoms with E-state index in [4.69, 9.17) is 0 Å². The molecule has 0 heterocycles. The lowest BCUT2D eigenvalue weighted by molar-refractivity contribution is -0.138. The molecule has 0 aliphatic carbocycles. The van der Waals surface area contributed by atoms with Crippen molar-refractivity contribution in [2.45, 2.75) is 69.4 Å². The third kappa shape index (κ3) is 6.74. The molecule has 0 amide bonds. The van der Waals surface area contributed by atoms with E-state index in [2.05, 4.69) is 5.32 Å². The standard InChI is InChI=1S/C16H24F3NS/c1-14(2,3)20-10-11-7-8-12(21-15(4,5)6)9-13(11)16(17,18)19/h7-9,20H,10H2,1-6H3. The maximum atomic E-state index is 13.2. The minimum Gasteiger partial charge on any atom is -0.308 e. The highest BCUT2D eigenvalue weighted by Crippen LogP contribution is 2.38. The van der Waals surface area contributed by atoms with Crippen LogP contribution in [-0.2, 0) is 12.7 Å². The van der Waals surface area contributed by atoms with Crippen molar-refractivity contribution >= 4 is 11.8 Å². The minimum absolute atomic E-state index is 0.117. The van der Waals surface area contributed by atoms with E-state index in [0.717, 1.165) is 0 Å². The first-order valence-corrected chi connectivity index (χ1v) is 7.74. The van der Waals surface area contributed by atoms with E-state index in [9.17, 15) is 13.2 Å². The van der Waals surface area contributed by atoms with Gasteiger partial charge in [-0.05, 0) is 38.5 Å². The number of alkyl halides is 3. The van der Waals surface area contributed by atoms with Crippen LogP contribution in [0.4, 0.5) is 13.2 Å². The second-order valence-electron chi connectivity index (χ2n) is 7.13. The van der Waals surface area contributed by atoms with Gasteiger partial charge in [0.2, 0.25) is 0 Å². The molecule has 0 radical (unpaired) electrons. The fourth-order valence-corrected chi connectivity index (χ4v) is 2.77. The number of hydrogen-bond acceptors (Lipinski definition) is 2. The first-order valence-electron chi connectivity index (χ1n) is 6.92. The summed E-state index contributed by atoms with van der Waals surface area (Å²) < 4.78 is 39.6. The highest BCUT2D eigenvalue weighted by molar-refractivity contribution is 8.00. The molecule has 0 aliphatic heterocycles. The highest BCUT2D eigenvalue weighted by Gasteiger charge is 2.34. The molecule has 0 saturated heterocycles. The van der Waals surface area contributed by atoms with Crippen LogP contribution in [0, 0.1) is 0 Å². The summed E-state index contributed by atoms with van der Waals surface area (Å²) in [5, 5.41) is 3.11. The first-order chi connectivity index (χ1) is 9.28. The van der Waals surface area contributed by atoms with Gasteiger partial charge in [-0.15, -0.1) is 11.8 Å². The Kier molecular flexibility index (Phi) is 5.43. The van der Waals surface area contributed by atoms with Gasteiger partial charge in [-0.2, -0.15) is 13.2 Å². The number of thioether (sulfide) groups is 1. The van der Waals surface area contributed by atoms with Crippen molar-refractivity contribution in [2.24, 2.45) is 0 Å². The number of benzene rings is 1. The normalized spacial score (nSPS) is 13.6. The van der Waals surface area contributed by atoms with Crippen LogP contribution in [0.5, 0.6) is 0 Å². The molecule has 0 unspecified atom stereocenters. The molecule has 21 heavy (non-hydrogen) atoms. The Morgan fingerprint density at radius 2 is 1.57 bits per heavy atom. The molecule has 1 nitrogen and oxygen atoms in total. The molecule has 0 bridgehead atoms. The smallest absolute Gasteiger partial charge is 0.308 e. The van der Waals surface area contributed by atoms with Crippen molar-refractivity contribution in [1.29, 1.82) is 0 Å². The quantitative estimate of drug-likeness (QED) is 0.740. The monoisotopic (exact) mass is 319 g/mol. The van der Waals surface area contributed by atoms with Gasteiger partial charge >= 0.3 is 6.18 Å². The number of hydrogen-bond donors (Lipinski definition) is 1. The van der Waals surface area contributed by atoms with Crippen LogP contribution in [0.15, 0.2) is 23.1 Å². The topological polar surface area (TPSA) is 12.0 Å². The zero-order chi connectivity index (χ0) is 16.5. The molecule has 120 valence electrons. The average molecular weight is 319 g/mol. The van der Waals surface area contributed by atoms with E-state index < -0.39 is 11.7 Å². The SMILES string of the molecule is CC(C)(C)NCc1ccc(SC(C)(C)C)cc1C(F)(F)F. The predicted octanol–water partition coefficient (Wildman–Crippen LogP) is 5.48. The fourth-order valence-electron chi connectivity index (χ4n) is 1.75. The molecule has 1 aromatic carbocycles. The molecule has 5 heteroatoms. The highest BCUT2D eigenvalue weighted by atomic mass is 32.2. The van der Waals surface area contributed by atoms with Crippen LogP contribution in [0.3, 0.4) is 0 Å². The summed E-state index contributed by atoms with van der Waals surface area (Å²) in [6.45, 7) is 12.0. The van der Waals surface area contributed by atoms with Crippen LogP contribution in [0.25, 0.3) is 0 Å². The van der Waals surface area contributed by atoms with Crippen molar-refractivity contribution in [3.63, 3.8) is 0 Å². The first kappa shape index (κ1) is 18.4. The Morgan fingerprint density at radius 1 is 1.00 bits per heavy atom. The maximum absolute atomic E-state index is 13.2. The molecule has 1 rings (SSSR count). The van der Waals surface area contributed by atoms with E-state index in [1.807, 2.05) is 41.5 Å². The van der Waals surface area contributed by atoms with Gasteiger partial charge in [-0.25, -0.2) is 0 Å². The van der Waals surface area contributed by atoms with Crippen molar-refractivity contribution < 1.29 is 13.2 Å². The third-order valence-electron chi connectivity index (χ3n) is 2.62. The summed E-state index contributed by atoms with van der Waals surface area (Å²) in [7, 11) is 0. The molecule has 0 atom stereocenters. The third-order valence-corrected chi connectivity index (χ3v) is 3.72. The van der Waals surface area contributed by atoms with E-state index >= 15 is 0 Å². The lowest BCUT2D eigenvalue weighted by Crippen LogP contribution is -2.35. The molecule has 1 aromatic rings. The Bertz CT molecular complexity index is 482. The van der Waals surface area contributed by atoms with Gasteiger partial charge in [0.05, 0.1) is 5.56 Å². The Hall–Kier alpha value is -0.680. The van der Waals surface area contributed by atoms with Gasteiger partial charge in [0.25, 0.3) is 0 Å². The second kappa shape index (κ2) is 6.21. The van der Waals surface area contributed by atoms with Crippen LogP contribution in [-0.4, -0.2) is 10.3 Å². The summed E-state index contributed by atoms with van der Waals surface area (Å²) in [5.41, 5.74) is -0.481. The van der Waals surface area contributed by atoms with Crippen LogP contribution in [0.1, 0.15) is 52.7 Å². The van der Waals surface area contributed by atoms with Gasteiger partial charge in [0.1, 0.15) is 0 Å². The van der Waals surface area contributed by atoms with Gasteiger partial charge < -0.3 is 5.32 Å². The average Bonchev–Trinajstić information content (AvgIpc) is 2.22. The molecule has 0 fully saturated rings. The molecular formula is C16H24F3NS. The number of rotatable bonds is 3. The zero-order valence-corrected chi connectivity index (χ0v) is 14.3. The maximum Gasteiger partial charge on any atom is 0.416 e. The molecule has 0 aromatic heterocycles. The fraction of sp³-hybridized carbons (Fsp3) is 0.625. The second-order valence-corrected chi connectivity index (χ2v) is 9.03. The van der Waals surface area contributed by atoms with Gasteiger partial charge in [0.15, 0.2) is 0 Å². The number of nitrogens with one attached hydrogen (secondary N) is 1. The summed E-state index contributed by atoms with van der Waals surface area (Å²) in [4.78, 5) is 0.648. The van der Waals surface area contributed by atoms with Crippen LogP contribution in [0.2, 0.25) is 0 Å². The molecule has 0 saturated carbocycles. The molecule has 1 N–H and O–H groups in total. The minimum atomic E-state index is -4.33. The van der Waals surface area contributed by atoms with Gasteiger partial charge in [-0.1, -0.05) is 26.8 Å². The van der Waals surface area contributed by atoms with Gasteiger partial charge in [-0.3, -0.25) is 0 Å². The van der Waals surface area contributed by atoms with Gasteiger partial charge in [0, 0.05) is 21.7 Å². The van der Waals surface area contributed by atoms with E-state index in [0.29, 0.717) is 4.90 Å². The van der Waals surface area contributed by atoms with Crippen molar-refractivity contribution in [2.75, 3.05) is 0 Å². The van der Waals surface area contributed by atoms with Crippen molar-refractivity contribution in [1.82, 2.24) is 5.32 Å². The lowest BCUT2D eigenvalue weighted by Gasteiger charge is -2.23.